The standard InChI is InChI=1S/C15H23N5O2/c1-20(2)7-5-6-17-15-18-11-9-13(22-4)12(21-3)8-10(11)14(16)19-15/h8-9H,5-7H2,1-4H3,(H3,16,17,18,19). The minimum absolute atomic E-state index is 0.418. The summed E-state index contributed by atoms with van der Waals surface area (Å²) in [5.41, 5.74) is 6.75. The van der Waals surface area contributed by atoms with Gasteiger partial charge < -0.3 is 25.4 Å². The number of methoxy groups -OCH3 is 2. The summed E-state index contributed by atoms with van der Waals surface area (Å²) in [6.07, 6.45) is 1.00. The molecule has 0 spiro atoms. The third kappa shape index (κ3) is 3.67. The molecule has 0 fully saturated rings. The molecule has 120 valence electrons. The average molecular weight is 305 g/mol. The van der Waals surface area contributed by atoms with Crippen molar-refractivity contribution in [2.45, 2.75) is 6.42 Å². The van der Waals surface area contributed by atoms with E-state index in [-0.39, 0.29) is 0 Å². The molecule has 0 atom stereocenters. The zero-order valence-corrected chi connectivity index (χ0v) is 13.5. The molecule has 0 aliphatic rings. The van der Waals surface area contributed by atoms with Crippen molar-refractivity contribution in [2.24, 2.45) is 0 Å². The van der Waals surface area contributed by atoms with Crippen LogP contribution in [0.3, 0.4) is 0 Å². The number of fused-ring (bicyclic) bond motifs is 1. The van der Waals surface area contributed by atoms with E-state index in [1.54, 1.807) is 26.4 Å². The predicted molar refractivity (Wildman–Crippen MR) is 88.7 cm³/mol. The summed E-state index contributed by atoms with van der Waals surface area (Å²) < 4.78 is 10.6. The van der Waals surface area contributed by atoms with E-state index in [1.165, 1.54) is 0 Å². The minimum atomic E-state index is 0.418. The van der Waals surface area contributed by atoms with Crippen LogP contribution in [-0.4, -0.2) is 56.3 Å². The zero-order chi connectivity index (χ0) is 16.1. The Morgan fingerprint density at radius 2 is 1.82 bits per heavy atom. The molecule has 3 N–H and O–H groups in total. The van der Waals surface area contributed by atoms with Crippen molar-refractivity contribution in [3.05, 3.63) is 12.1 Å². The molecule has 0 unspecified atom stereocenters. The highest BCUT2D eigenvalue weighted by molar-refractivity contribution is 5.91. The molecule has 7 heteroatoms. The first-order chi connectivity index (χ1) is 10.5. The van der Waals surface area contributed by atoms with Gasteiger partial charge in [-0.2, -0.15) is 4.98 Å². The third-order valence-electron chi connectivity index (χ3n) is 3.30. The second-order valence-electron chi connectivity index (χ2n) is 5.24. The van der Waals surface area contributed by atoms with Gasteiger partial charge in [-0.3, -0.25) is 0 Å². The third-order valence-corrected chi connectivity index (χ3v) is 3.30. The van der Waals surface area contributed by atoms with E-state index >= 15 is 0 Å². The Morgan fingerprint density at radius 3 is 2.45 bits per heavy atom. The van der Waals surface area contributed by atoms with Crippen molar-refractivity contribution in [1.82, 2.24) is 14.9 Å². The number of rotatable bonds is 7. The van der Waals surface area contributed by atoms with Crippen molar-refractivity contribution in [3.8, 4) is 11.5 Å². The van der Waals surface area contributed by atoms with Gasteiger partial charge >= 0.3 is 0 Å². The maximum absolute atomic E-state index is 6.03. The van der Waals surface area contributed by atoms with Crippen LogP contribution in [0.25, 0.3) is 10.9 Å². The zero-order valence-electron chi connectivity index (χ0n) is 13.5. The van der Waals surface area contributed by atoms with Crippen molar-refractivity contribution < 1.29 is 9.47 Å². The fraction of sp³-hybridized carbons (Fsp3) is 0.467. The molecule has 2 rings (SSSR count). The van der Waals surface area contributed by atoms with Gasteiger partial charge in [-0.1, -0.05) is 0 Å². The number of hydrogen-bond donors (Lipinski definition) is 2. The first kappa shape index (κ1) is 16.1. The van der Waals surface area contributed by atoms with Crippen molar-refractivity contribution in [3.63, 3.8) is 0 Å². The highest BCUT2D eigenvalue weighted by atomic mass is 16.5. The van der Waals surface area contributed by atoms with Crippen molar-refractivity contribution in [1.29, 1.82) is 0 Å². The number of nitrogen functional groups attached to an aromatic ring is 1. The molecule has 1 aromatic heterocycles. The monoisotopic (exact) mass is 305 g/mol. The normalized spacial score (nSPS) is 11.0. The van der Waals surface area contributed by atoms with E-state index in [2.05, 4.69) is 20.2 Å². The maximum atomic E-state index is 6.03. The molecule has 7 nitrogen and oxygen atoms in total. The van der Waals surface area contributed by atoms with Gasteiger partial charge in [0.1, 0.15) is 5.82 Å². The Kier molecular flexibility index (Phi) is 5.21. The summed E-state index contributed by atoms with van der Waals surface area (Å²) >= 11 is 0. The topological polar surface area (TPSA) is 85.5 Å². The smallest absolute Gasteiger partial charge is 0.225 e. The van der Waals surface area contributed by atoms with E-state index in [4.69, 9.17) is 15.2 Å². The molecule has 1 aromatic carbocycles. The lowest BCUT2D eigenvalue weighted by atomic mass is 10.2. The van der Waals surface area contributed by atoms with E-state index in [0.29, 0.717) is 23.3 Å². The first-order valence-electron chi connectivity index (χ1n) is 7.13. The highest BCUT2D eigenvalue weighted by Gasteiger charge is 2.11. The number of hydrogen-bond acceptors (Lipinski definition) is 7. The van der Waals surface area contributed by atoms with Crippen LogP contribution in [0.5, 0.6) is 11.5 Å². The van der Waals surface area contributed by atoms with Gasteiger partial charge in [-0.15, -0.1) is 0 Å². The van der Waals surface area contributed by atoms with Crippen LogP contribution in [0, 0.1) is 0 Å². The van der Waals surface area contributed by atoms with Gasteiger partial charge in [0.15, 0.2) is 11.5 Å². The molecular formula is C15H23N5O2. The Morgan fingerprint density at radius 1 is 1.14 bits per heavy atom. The maximum Gasteiger partial charge on any atom is 0.225 e. The first-order valence-corrected chi connectivity index (χ1v) is 7.13. The van der Waals surface area contributed by atoms with Gasteiger partial charge in [-0.25, -0.2) is 4.98 Å². The van der Waals surface area contributed by atoms with Crippen LogP contribution in [0.1, 0.15) is 6.42 Å². The number of aromatic nitrogens is 2. The van der Waals surface area contributed by atoms with Gasteiger partial charge in [0.25, 0.3) is 0 Å². The summed E-state index contributed by atoms with van der Waals surface area (Å²) in [5, 5.41) is 3.94. The van der Waals surface area contributed by atoms with Gasteiger partial charge in [-0.05, 0) is 33.1 Å². The van der Waals surface area contributed by atoms with Crippen LogP contribution >= 0.6 is 0 Å². The second kappa shape index (κ2) is 7.13. The number of ether oxygens (including phenoxy) is 2. The number of anilines is 2. The predicted octanol–water partition coefficient (Wildman–Crippen LogP) is 1.59. The Hall–Kier alpha value is -2.28. The van der Waals surface area contributed by atoms with E-state index in [9.17, 15) is 0 Å². The van der Waals surface area contributed by atoms with Crippen LogP contribution in [0.2, 0.25) is 0 Å². The molecule has 0 aliphatic carbocycles. The largest absolute Gasteiger partial charge is 0.493 e. The fourth-order valence-electron chi connectivity index (χ4n) is 2.15. The number of nitrogens with one attached hydrogen (secondary N) is 1. The molecule has 0 radical (unpaired) electrons. The molecule has 0 saturated carbocycles. The fourth-order valence-corrected chi connectivity index (χ4v) is 2.15. The molecule has 1 heterocycles. The van der Waals surface area contributed by atoms with Gasteiger partial charge in [0.05, 0.1) is 19.7 Å². The van der Waals surface area contributed by atoms with Gasteiger partial charge in [0, 0.05) is 18.0 Å². The summed E-state index contributed by atoms with van der Waals surface area (Å²) in [4.78, 5) is 10.9. The highest BCUT2D eigenvalue weighted by Crippen LogP contribution is 2.33. The number of nitrogens with two attached hydrogens (primary N) is 1. The van der Waals surface area contributed by atoms with Crippen molar-refractivity contribution in [2.75, 3.05) is 52.5 Å². The molecule has 22 heavy (non-hydrogen) atoms. The SMILES string of the molecule is COc1cc2nc(NCCCN(C)C)nc(N)c2cc1OC. The van der Waals surface area contributed by atoms with Crippen LogP contribution in [0.4, 0.5) is 11.8 Å². The lowest BCUT2D eigenvalue weighted by Crippen LogP contribution is -2.17. The van der Waals surface area contributed by atoms with Gasteiger partial charge in [0.2, 0.25) is 5.95 Å². The Labute approximate surface area is 130 Å². The molecular weight excluding hydrogens is 282 g/mol. The Balaban J connectivity index is 2.24. The summed E-state index contributed by atoms with van der Waals surface area (Å²) in [5.74, 6) is 2.17. The van der Waals surface area contributed by atoms with Crippen molar-refractivity contribution >= 4 is 22.7 Å². The quantitative estimate of drug-likeness (QED) is 0.751. The lowest BCUT2D eigenvalue weighted by Gasteiger charge is -2.12. The molecule has 0 bridgehead atoms. The lowest BCUT2D eigenvalue weighted by molar-refractivity contribution is 0.356. The van der Waals surface area contributed by atoms with Crippen LogP contribution < -0.4 is 20.5 Å². The molecule has 2 aromatic rings. The summed E-state index contributed by atoms with van der Waals surface area (Å²) in [7, 11) is 7.27. The molecule has 0 aliphatic heterocycles. The van der Waals surface area contributed by atoms with E-state index < -0.39 is 0 Å². The molecule has 0 saturated heterocycles. The van der Waals surface area contributed by atoms with E-state index in [0.717, 1.165) is 30.4 Å². The summed E-state index contributed by atoms with van der Waals surface area (Å²) in [6.45, 7) is 1.79. The second-order valence-corrected chi connectivity index (χ2v) is 5.24. The number of nitrogens with zero attached hydrogens (tertiary/aromatic N) is 3. The Bertz CT molecular complexity index is 645. The minimum Gasteiger partial charge on any atom is -0.493 e. The van der Waals surface area contributed by atoms with Crippen LogP contribution in [-0.2, 0) is 0 Å². The average Bonchev–Trinajstić information content (AvgIpc) is 2.50. The van der Waals surface area contributed by atoms with E-state index in [1.807, 2.05) is 14.1 Å². The molecule has 0 amide bonds. The summed E-state index contributed by atoms with van der Waals surface area (Å²) in [6, 6.07) is 3.59. The van der Waals surface area contributed by atoms with Crippen LogP contribution in [0.15, 0.2) is 12.1 Å². The number of benzene rings is 1.